The Kier molecular flexibility index (Phi) is 7.10. The Morgan fingerprint density at radius 3 is 1.25 bits per heavy atom. The van der Waals surface area contributed by atoms with Crippen LogP contribution in [-0.2, 0) is 10.8 Å². The number of hydrogen-bond donors (Lipinski definition) is 0. The molecule has 14 rings (SSSR count). The molecule has 0 saturated heterocycles. The third-order valence-corrected chi connectivity index (χ3v) is 14.7. The van der Waals surface area contributed by atoms with E-state index in [2.05, 4.69) is 208 Å². The zero-order valence-corrected chi connectivity index (χ0v) is 35.4. The minimum Gasteiger partial charge on any atom is -0.208 e. The molecular formula is C61H39N3. The Labute approximate surface area is 371 Å². The third-order valence-electron chi connectivity index (χ3n) is 14.7. The number of rotatable bonds is 3. The molecule has 1 atom stereocenters. The summed E-state index contributed by atoms with van der Waals surface area (Å²) in [5.41, 5.74) is 17.6. The topological polar surface area (TPSA) is 38.7 Å². The molecule has 0 fully saturated rings. The molecule has 0 N–H and O–H groups in total. The number of aromatic nitrogens is 3. The molecule has 3 heteroatoms. The molecule has 298 valence electrons. The number of fused-ring (bicyclic) bond motifs is 19. The highest BCUT2D eigenvalue weighted by Crippen LogP contribution is 2.64. The van der Waals surface area contributed by atoms with Crippen LogP contribution in [0, 0.1) is 0 Å². The van der Waals surface area contributed by atoms with Gasteiger partial charge in [-0.3, -0.25) is 0 Å². The second-order valence-electron chi connectivity index (χ2n) is 18.2. The van der Waals surface area contributed by atoms with Gasteiger partial charge in [0.05, 0.1) is 5.41 Å². The Morgan fingerprint density at radius 1 is 0.266 bits per heavy atom. The third kappa shape index (κ3) is 4.63. The molecule has 1 aromatic heterocycles. The van der Waals surface area contributed by atoms with Gasteiger partial charge >= 0.3 is 0 Å². The molecule has 1 spiro atoms. The summed E-state index contributed by atoms with van der Waals surface area (Å²) >= 11 is 0. The predicted molar refractivity (Wildman–Crippen MR) is 263 cm³/mol. The van der Waals surface area contributed by atoms with Gasteiger partial charge in [-0.1, -0.05) is 190 Å². The maximum absolute atomic E-state index is 5.38. The molecule has 3 aliphatic rings. The molecule has 1 unspecified atom stereocenters. The zero-order valence-electron chi connectivity index (χ0n) is 35.4. The van der Waals surface area contributed by atoms with Crippen LogP contribution in [0.2, 0.25) is 0 Å². The van der Waals surface area contributed by atoms with Crippen molar-refractivity contribution < 1.29 is 0 Å². The molecule has 64 heavy (non-hydrogen) atoms. The number of hydrogen-bond acceptors (Lipinski definition) is 3. The lowest BCUT2D eigenvalue weighted by atomic mass is 9.70. The highest BCUT2D eigenvalue weighted by Gasteiger charge is 2.52. The Bertz CT molecular complexity index is 3830. The van der Waals surface area contributed by atoms with Gasteiger partial charge in [0, 0.05) is 22.1 Å². The average molecular weight is 814 g/mol. The molecule has 11 aromatic rings. The summed E-state index contributed by atoms with van der Waals surface area (Å²) in [6, 6.07) is 73.7. The maximum Gasteiger partial charge on any atom is 0.164 e. The van der Waals surface area contributed by atoms with Crippen molar-refractivity contribution in [3.05, 3.63) is 234 Å². The van der Waals surface area contributed by atoms with Crippen LogP contribution >= 0.6 is 0 Å². The van der Waals surface area contributed by atoms with Gasteiger partial charge in [-0.25, -0.2) is 15.0 Å². The van der Waals surface area contributed by atoms with E-state index in [9.17, 15) is 0 Å². The van der Waals surface area contributed by atoms with E-state index in [1.165, 1.54) is 99.1 Å². The lowest BCUT2D eigenvalue weighted by Gasteiger charge is -2.31. The first-order chi connectivity index (χ1) is 31.5. The van der Waals surface area contributed by atoms with Crippen molar-refractivity contribution in [1.82, 2.24) is 15.0 Å². The fraction of sp³-hybridized carbons (Fsp3) is 0.0656. The summed E-state index contributed by atoms with van der Waals surface area (Å²) in [5, 5.41) is 7.68. The van der Waals surface area contributed by atoms with E-state index in [4.69, 9.17) is 15.0 Å². The fourth-order valence-electron chi connectivity index (χ4n) is 11.9. The van der Waals surface area contributed by atoms with Gasteiger partial charge in [-0.2, -0.15) is 0 Å². The first-order valence-corrected chi connectivity index (χ1v) is 22.3. The van der Waals surface area contributed by atoms with Gasteiger partial charge < -0.3 is 0 Å². The molecule has 10 aromatic carbocycles. The SMILES string of the molecule is CC1(C)c2ccccc2-c2ccc(-c3nc(-c4ccccc4)nc(-c4ccc5c(c4)C4(c6ccccc6-5)c5ccccc5-c5cc6c7ccccc7c7ccccc7c6cc54)n3)cc21. The van der Waals surface area contributed by atoms with Crippen LogP contribution in [-0.4, -0.2) is 15.0 Å². The van der Waals surface area contributed by atoms with E-state index in [1.807, 2.05) is 6.07 Å². The van der Waals surface area contributed by atoms with Gasteiger partial charge in [-0.05, 0) is 123 Å². The largest absolute Gasteiger partial charge is 0.208 e. The number of nitrogens with zero attached hydrogens (tertiary/aromatic N) is 3. The van der Waals surface area contributed by atoms with Gasteiger partial charge in [0.2, 0.25) is 0 Å². The fourth-order valence-corrected chi connectivity index (χ4v) is 11.9. The van der Waals surface area contributed by atoms with Gasteiger partial charge in [-0.15, -0.1) is 0 Å². The summed E-state index contributed by atoms with van der Waals surface area (Å²) in [6.07, 6.45) is 0. The summed E-state index contributed by atoms with van der Waals surface area (Å²) < 4.78 is 0. The molecule has 0 radical (unpaired) electrons. The molecular weight excluding hydrogens is 775 g/mol. The van der Waals surface area contributed by atoms with Crippen molar-refractivity contribution >= 4 is 32.3 Å². The van der Waals surface area contributed by atoms with Crippen molar-refractivity contribution in [2.24, 2.45) is 0 Å². The van der Waals surface area contributed by atoms with Crippen LogP contribution < -0.4 is 0 Å². The predicted octanol–water partition coefficient (Wildman–Crippen LogP) is 15.0. The molecule has 0 aliphatic heterocycles. The highest BCUT2D eigenvalue weighted by molar-refractivity contribution is 6.26. The molecule has 0 amide bonds. The lowest BCUT2D eigenvalue weighted by molar-refractivity contribution is 0.660. The van der Waals surface area contributed by atoms with Crippen LogP contribution in [0.5, 0.6) is 0 Å². The second kappa shape index (κ2) is 12.8. The van der Waals surface area contributed by atoms with E-state index in [-0.39, 0.29) is 5.41 Å². The van der Waals surface area contributed by atoms with Crippen molar-refractivity contribution in [2.75, 3.05) is 0 Å². The van der Waals surface area contributed by atoms with Gasteiger partial charge in [0.25, 0.3) is 0 Å². The second-order valence-corrected chi connectivity index (χ2v) is 18.2. The maximum atomic E-state index is 5.38. The summed E-state index contributed by atoms with van der Waals surface area (Å²) in [7, 11) is 0. The van der Waals surface area contributed by atoms with Crippen molar-refractivity contribution in [3.8, 4) is 67.5 Å². The Morgan fingerprint density at radius 2 is 0.656 bits per heavy atom. The van der Waals surface area contributed by atoms with E-state index in [0.29, 0.717) is 17.5 Å². The summed E-state index contributed by atoms with van der Waals surface area (Å²) in [4.78, 5) is 15.9. The van der Waals surface area contributed by atoms with E-state index < -0.39 is 5.41 Å². The Hall–Kier alpha value is -8.01. The van der Waals surface area contributed by atoms with Gasteiger partial charge in [0.1, 0.15) is 0 Å². The van der Waals surface area contributed by atoms with Crippen LogP contribution in [0.1, 0.15) is 47.2 Å². The normalized spacial score (nSPS) is 15.8. The van der Waals surface area contributed by atoms with Crippen molar-refractivity contribution in [2.45, 2.75) is 24.7 Å². The lowest BCUT2D eigenvalue weighted by Crippen LogP contribution is -2.26. The number of benzene rings is 10. The summed E-state index contributed by atoms with van der Waals surface area (Å²) in [6.45, 7) is 4.64. The van der Waals surface area contributed by atoms with E-state index >= 15 is 0 Å². The molecule has 3 nitrogen and oxygen atoms in total. The van der Waals surface area contributed by atoms with Crippen LogP contribution in [0.4, 0.5) is 0 Å². The Balaban J connectivity index is 1.02. The summed E-state index contributed by atoms with van der Waals surface area (Å²) in [5.74, 6) is 1.98. The minimum absolute atomic E-state index is 0.151. The van der Waals surface area contributed by atoms with E-state index in [1.54, 1.807) is 0 Å². The van der Waals surface area contributed by atoms with Gasteiger partial charge in [0.15, 0.2) is 17.5 Å². The van der Waals surface area contributed by atoms with E-state index in [0.717, 1.165) is 16.7 Å². The molecule has 3 aliphatic carbocycles. The zero-order chi connectivity index (χ0) is 42.3. The van der Waals surface area contributed by atoms with Crippen LogP contribution in [0.3, 0.4) is 0 Å². The minimum atomic E-state index is -0.562. The first-order valence-electron chi connectivity index (χ1n) is 22.3. The monoisotopic (exact) mass is 813 g/mol. The quantitative estimate of drug-likeness (QED) is 0.167. The average Bonchev–Trinajstić information content (AvgIpc) is 3.91. The van der Waals surface area contributed by atoms with Crippen LogP contribution in [0.25, 0.3) is 99.9 Å². The molecule has 0 bridgehead atoms. The molecule has 1 heterocycles. The molecule has 0 saturated carbocycles. The highest BCUT2D eigenvalue weighted by atomic mass is 15.0. The van der Waals surface area contributed by atoms with Crippen LogP contribution in [0.15, 0.2) is 200 Å². The standard InChI is InChI=1S/C61H39N3/c1-60(2)51-25-13-10-22-43(51)46-30-28-37(32-54(46)60)58-62-57(36-16-4-3-5-17-36)63-59(64-58)38-29-31-47-44-23-11-14-26-52(44)61(55(47)33-38)53-27-15-12-24-45(53)50-34-48-41-20-8-6-18-39(41)40-19-7-9-21-42(40)49(48)35-56(50)61/h3-35H,1-2H3. The van der Waals surface area contributed by atoms with Crippen molar-refractivity contribution in [3.63, 3.8) is 0 Å². The van der Waals surface area contributed by atoms with Crippen molar-refractivity contribution in [1.29, 1.82) is 0 Å². The first kappa shape index (κ1) is 35.6. The smallest absolute Gasteiger partial charge is 0.164 e.